The van der Waals surface area contributed by atoms with E-state index in [2.05, 4.69) is 399 Å². The van der Waals surface area contributed by atoms with Crippen molar-refractivity contribution in [1.82, 2.24) is 81.1 Å². The number of benzene rings is 18. The Morgan fingerprint density at radius 3 is 0.979 bits per heavy atom. The van der Waals surface area contributed by atoms with Gasteiger partial charge in [-0.2, -0.15) is 0 Å². The average molecular weight is 1800 g/mol. The van der Waals surface area contributed by atoms with Crippen LogP contribution in [0.15, 0.2) is 443 Å². The second kappa shape index (κ2) is 30.5. The van der Waals surface area contributed by atoms with E-state index in [1.807, 2.05) is 85.5 Å². The molecule has 14 aromatic heterocycles. The Morgan fingerprint density at radius 1 is 0.163 bits per heavy atom. The molecule has 141 heavy (non-hydrogen) atoms. The molecule has 0 amide bonds. The van der Waals surface area contributed by atoms with Gasteiger partial charge in [0.15, 0.2) is 0 Å². The van der Waals surface area contributed by atoms with E-state index in [1.165, 1.54) is 70.6 Å². The molecule has 14 heterocycles. The molecule has 17 nitrogen and oxygen atoms in total. The van der Waals surface area contributed by atoms with Crippen molar-refractivity contribution in [2.24, 2.45) is 0 Å². The molecule has 654 valence electrons. The third kappa shape index (κ3) is 11.9. The van der Waals surface area contributed by atoms with E-state index >= 15 is 0 Å². The van der Waals surface area contributed by atoms with Gasteiger partial charge in [-0.05, 0) is 225 Å². The highest BCUT2D eigenvalue weighted by molar-refractivity contribution is 6.24. The van der Waals surface area contributed by atoms with Crippen LogP contribution in [0.5, 0.6) is 0 Å². The number of aromatic nitrogens is 17. The third-order valence-corrected chi connectivity index (χ3v) is 28.6. The van der Waals surface area contributed by atoms with Gasteiger partial charge in [0.1, 0.15) is 22.6 Å². The van der Waals surface area contributed by atoms with Crippen molar-refractivity contribution in [3.63, 3.8) is 0 Å². The summed E-state index contributed by atoms with van der Waals surface area (Å²) in [6.45, 7) is 0. The van der Waals surface area contributed by atoms with Crippen LogP contribution in [0.4, 0.5) is 0 Å². The van der Waals surface area contributed by atoms with E-state index in [9.17, 15) is 0 Å². The molecule has 0 unspecified atom stereocenters. The van der Waals surface area contributed by atoms with Gasteiger partial charge in [0.25, 0.3) is 0 Å². The number of rotatable bonds is 7. The van der Waals surface area contributed by atoms with Gasteiger partial charge in [-0.15, -0.1) is 0 Å². The molecule has 17 heteroatoms. The fourth-order valence-corrected chi connectivity index (χ4v) is 22.1. The second-order valence-electron chi connectivity index (χ2n) is 36.3. The molecular weight excluding hydrogens is 1730 g/mol. The SMILES string of the molecule is c1ccc2c(c1)ccc1c3ccc(-c4ccc5c(c4)c4ccccc4n5-c4nc5ccccc5c5nc6ccccc6n45)cc3n3c4ccccc4nc3c21.c1ccc2c(c1)nc(-n1c3ccccc3c3cc(-c4ccc(-c5ccncc5)cc4)ccc31)n1c3ccccc3nc21.c1cnc2c(c1)ccc1cc(-c3ccc4c(c3)c3ccccc3n4-c3nc4ccccc4c4nc5ccccc5n34)cnc12. The summed E-state index contributed by atoms with van der Waals surface area (Å²) in [4.78, 5) is 50.0. The van der Waals surface area contributed by atoms with Crippen molar-refractivity contribution in [1.29, 1.82) is 0 Å². The van der Waals surface area contributed by atoms with Crippen molar-refractivity contribution in [3.8, 4) is 62.4 Å². The zero-order valence-corrected chi connectivity index (χ0v) is 75.2. The molecule has 32 rings (SSSR count). The summed E-state index contributed by atoms with van der Waals surface area (Å²) in [5.41, 5.74) is 33.2. The van der Waals surface area contributed by atoms with Crippen LogP contribution in [-0.4, -0.2) is 81.1 Å². The molecule has 0 saturated carbocycles. The molecule has 32 aromatic rings. The van der Waals surface area contributed by atoms with E-state index in [1.54, 1.807) is 0 Å². The topological polar surface area (TPSA) is 161 Å². The van der Waals surface area contributed by atoms with Crippen LogP contribution in [0.2, 0.25) is 0 Å². The maximum absolute atomic E-state index is 5.35. The number of hydrogen-bond acceptors (Lipinski definition) is 10. The van der Waals surface area contributed by atoms with Crippen LogP contribution in [0.1, 0.15) is 0 Å². The van der Waals surface area contributed by atoms with Crippen molar-refractivity contribution in [3.05, 3.63) is 443 Å². The van der Waals surface area contributed by atoms with Crippen LogP contribution in [0, 0.1) is 0 Å². The molecule has 0 saturated heterocycles. The highest BCUT2D eigenvalue weighted by Gasteiger charge is 2.27. The Bertz CT molecular complexity index is 11000. The molecular formula is C124H73N17. The predicted molar refractivity (Wildman–Crippen MR) is 576 cm³/mol. The lowest BCUT2D eigenvalue weighted by Gasteiger charge is -2.14. The standard InChI is InChI=1S/C49H28N6.C38H22N6.C37H23N5/c1-2-12-32-29(11-1)21-25-35-34-24-22-31(28-45(34)53-43-19-9-6-16-39(43)51-48(53)46(32)35)30-23-26-42-37(27-30)33-13-4-8-18-41(33)54(42)49-52-38-15-5-3-14-36(38)47-50-40-17-7-10-20-44(40)55(47)49;1-3-11-30-28(10-1)37-41-31-12-4-6-14-34(31)44(37)38(42-30)43-32-13-5-2-9-27(32)29-21-24(17-18-33(29)43)26-20-25-16-15-23-8-7-19-39-35(23)36(25)40-22-26;1-3-9-31-29(8-1)36-39-32-10-4-6-12-35(32)42(36)37(40-31)41-33-11-5-2-7-28(33)30-23-27(17-18-34(30)41)25-15-13-24(14-16-25)26-19-21-38-22-20-26/h1-28H;1-22H;1-23H. The first-order valence-electron chi connectivity index (χ1n) is 47.3. The normalized spacial score (nSPS) is 12.1. The summed E-state index contributed by atoms with van der Waals surface area (Å²) in [6, 6.07) is 148. The van der Waals surface area contributed by atoms with E-state index in [0.29, 0.717) is 0 Å². The van der Waals surface area contributed by atoms with Gasteiger partial charge >= 0.3 is 0 Å². The molecule has 0 aliphatic rings. The quantitative estimate of drug-likeness (QED) is 0.140. The summed E-state index contributed by atoms with van der Waals surface area (Å²) in [6.07, 6.45) is 7.45. The Morgan fingerprint density at radius 2 is 0.489 bits per heavy atom. The summed E-state index contributed by atoms with van der Waals surface area (Å²) in [5.74, 6) is 2.47. The number of para-hydroxylation sites is 14. The fourth-order valence-electron chi connectivity index (χ4n) is 22.1. The summed E-state index contributed by atoms with van der Waals surface area (Å²) >= 11 is 0. The van der Waals surface area contributed by atoms with Crippen LogP contribution < -0.4 is 0 Å². The third-order valence-electron chi connectivity index (χ3n) is 28.6. The van der Waals surface area contributed by atoms with E-state index in [-0.39, 0.29) is 0 Å². The largest absolute Gasteiger partial charge is 0.292 e. The van der Waals surface area contributed by atoms with Crippen LogP contribution >= 0.6 is 0 Å². The van der Waals surface area contributed by atoms with E-state index in [0.717, 1.165) is 211 Å². The van der Waals surface area contributed by atoms with E-state index < -0.39 is 0 Å². The number of nitrogens with zero attached hydrogens (tertiary/aromatic N) is 17. The van der Waals surface area contributed by atoms with Gasteiger partial charge in [-0.1, -0.05) is 249 Å². The van der Waals surface area contributed by atoms with Crippen LogP contribution in [0.3, 0.4) is 0 Å². The molecule has 0 spiro atoms. The molecule has 18 aromatic carbocycles. The Kier molecular flexibility index (Phi) is 16.8. The van der Waals surface area contributed by atoms with Gasteiger partial charge in [0.2, 0.25) is 17.8 Å². The number of fused-ring (bicyclic) bond motifs is 37. The fraction of sp³-hybridized carbons (Fsp3) is 0. The number of imidazole rings is 4. The minimum absolute atomic E-state index is 0.818. The van der Waals surface area contributed by atoms with Crippen molar-refractivity contribution >= 4 is 219 Å². The molecule has 0 fully saturated rings. The maximum Gasteiger partial charge on any atom is 0.221 e. The van der Waals surface area contributed by atoms with Crippen LogP contribution in [0.25, 0.3) is 281 Å². The van der Waals surface area contributed by atoms with Gasteiger partial charge in [-0.25, -0.2) is 34.9 Å². The zero-order chi connectivity index (χ0) is 92.2. The minimum Gasteiger partial charge on any atom is -0.292 e. The van der Waals surface area contributed by atoms with Crippen molar-refractivity contribution < 1.29 is 0 Å². The smallest absolute Gasteiger partial charge is 0.221 e. The number of hydrogen-bond donors (Lipinski definition) is 0. The second-order valence-corrected chi connectivity index (χ2v) is 36.3. The number of pyridine rings is 4. The molecule has 0 atom stereocenters. The lowest BCUT2D eigenvalue weighted by molar-refractivity contribution is 0.979. The Labute approximate surface area is 800 Å². The summed E-state index contributed by atoms with van der Waals surface area (Å²) < 4.78 is 15.8. The van der Waals surface area contributed by atoms with Gasteiger partial charge in [-0.3, -0.25) is 46.3 Å². The van der Waals surface area contributed by atoms with Gasteiger partial charge < -0.3 is 0 Å². The summed E-state index contributed by atoms with van der Waals surface area (Å²) in [5, 5.41) is 18.4. The molecule has 0 bridgehead atoms. The highest BCUT2D eigenvalue weighted by Crippen LogP contribution is 2.45. The van der Waals surface area contributed by atoms with Gasteiger partial charge in [0.05, 0.1) is 110 Å². The van der Waals surface area contributed by atoms with Crippen molar-refractivity contribution in [2.45, 2.75) is 0 Å². The maximum atomic E-state index is 5.35. The minimum atomic E-state index is 0.818. The first-order chi connectivity index (χ1) is 69.9. The lowest BCUT2D eigenvalue weighted by atomic mass is 9.97. The first kappa shape index (κ1) is 77.9. The molecule has 0 aliphatic heterocycles. The lowest BCUT2D eigenvalue weighted by Crippen LogP contribution is -2.06. The Balaban J connectivity index is 0.000000100. The van der Waals surface area contributed by atoms with Gasteiger partial charge in [0, 0.05) is 100 Å². The molecule has 0 aliphatic carbocycles. The monoisotopic (exact) mass is 1800 g/mol. The van der Waals surface area contributed by atoms with Crippen LogP contribution in [-0.2, 0) is 0 Å². The highest BCUT2D eigenvalue weighted by atomic mass is 15.3. The predicted octanol–water partition coefficient (Wildman–Crippen LogP) is 29.8. The summed E-state index contributed by atoms with van der Waals surface area (Å²) in [7, 11) is 0. The Hall–Kier alpha value is -19.5. The van der Waals surface area contributed by atoms with E-state index in [4.69, 9.17) is 39.9 Å². The average Bonchev–Trinajstić information content (AvgIpc) is 1.63. The molecule has 0 radical (unpaired) electrons. The first-order valence-corrected chi connectivity index (χ1v) is 47.3. The van der Waals surface area contributed by atoms with Crippen molar-refractivity contribution in [2.75, 3.05) is 0 Å². The molecule has 0 N–H and O–H groups in total. The zero-order valence-electron chi connectivity index (χ0n) is 75.2.